The molecule has 0 aromatic heterocycles. The van der Waals surface area contributed by atoms with E-state index in [9.17, 15) is 0 Å². The van der Waals surface area contributed by atoms with Crippen LogP contribution in [-0.4, -0.2) is 59.7 Å². The van der Waals surface area contributed by atoms with E-state index in [1.54, 1.807) is 0 Å². The first kappa shape index (κ1) is 87.4. The van der Waals surface area contributed by atoms with Crippen molar-refractivity contribution in [1.82, 2.24) is 24.5 Å². The molecule has 112 heavy (non-hydrogen) atoms. The van der Waals surface area contributed by atoms with Crippen LogP contribution in [-0.2, 0) is 97.4 Å². The van der Waals surface area contributed by atoms with Crippen LogP contribution in [0.15, 0.2) is 353 Å². The van der Waals surface area contributed by atoms with Gasteiger partial charge in [-0.05, 0) is 158 Å². The summed E-state index contributed by atoms with van der Waals surface area (Å²) in [6, 6.07) is 101. The smallest absolute Gasteiger partial charge is 0.533 e. The molecule has 0 bridgehead atoms. The van der Waals surface area contributed by atoms with E-state index >= 15 is 0 Å². The van der Waals surface area contributed by atoms with E-state index in [0.717, 1.165) is 56.3 Å². The molecule has 15 heteroatoms. The maximum atomic E-state index is 4.23. The minimum Gasteiger partial charge on any atom is -0.533 e. The van der Waals surface area contributed by atoms with E-state index < -0.39 is 0 Å². The summed E-state index contributed by atoms with van der Waals surface area (Å²) in [7, 11) is 10.1. The molecule has 0 N–H and O–H groups in total. The van der Waals surface area contributed by atoms with Gasteiger partial charge >= 0.3 is 97.4 Å². The number of anilines is 5. The predicted octanol–water partition coefficient (Wildman–Crippen LogP) is 22.7. The van der Waals surface area contributed by atoms with Gasteiger partial charge < -0.3 is 49.0 Å². The van der Waals surface area contributed by atoms with Crippen LogP contribution in [0, 0.1) is 68.0 Å². The zero-order chi connectivity index (χ0) is 74.2. The van der Waals surface area contributed by atoms with Crippen molar-refractivity contribution in [3.05, 3.63) is 449 Å². The summed E-state index contributed by atoms with van der Waals surface area (Å²) in [5.41, 5.74) is 27.7. The number of hydrogen-bond donors (Lipinski definition) is 0. The van der Waals surface area contributed by atoms with Gasteiger partial charge in [0.15, 0.2) is 0 Å². The van der Waals surface area contributed by atoms with Crippen LogP contribution in [0.25, 0.3) is 77.9 Å². The van der Waals surface area contributed by atoms with Crippen molar-refractivity contribution in [3.8, 4) is 77.9 Å². The Morgan fingerprint density at radius 1 is 0.188 bits per heavy atom. The van der Waals surface area contributed by atoms with Crippen LogP contribution in [0.4, 0.5) is 28.4 Å². The van der Waals surface area contributed by atoms with Crippen molar-refractivity contribution < 1.29 is 97.4 Å². The first-order valence-corrected chi connectivity index (χ1v) is 35.6. The second-order valence-electron chi connectivity index (χ2n) is 26.6. The Labute approximate surface area is 730 Å². The number of hydrogen-bond acceptors (Lipinski definition) is 10. The van der Waals surface area contributed by atoms with Crippen LogP contribution in [0.5, 0.6) is 0 Å². The predicted molar refractivity (Wildman–Crippen MR) is 451 cm³/mol. The summed E-state index contributed by atoms with van der Waals surface area (Å²) in [6.07, 6.45) is 20.3. The van der Waals surface area contributed by atoms with Crippen LogP contribution in [0.1, 0.15) is 27.8 Å². The standard InChI is InChI=1S/2C23H20N2.3C17H16N2.5Rh/c1-18-16-22(12-13-23(18)25-15-14-24(2)17-25)21-10-8-20(9-11-21)19-6-4-3-5-7-19;1-18-8-9-22(16-23(18)25-15-14-24(2)17-25)21-12-10-20(11-13-21)19-6-4-3-5-7-19;1-14-7-6-10-16(15-8-4-3-5-9-15)17(14)19-12-11-18(2)13-19;1-14-12-16(15-6-4-3-5-7-15)8-9-17(14)19-11-10-18(2)13-19;1-14-8-9-16(15-6-4-3-5-7-15)12-17(14)19-11-10-18(2)13-19;;;;;/h2*3-17H,1H2,2H3;3*3-13H,1H2,2H3;;;;;/q5*-2;5*+2. The topological polar surface area (TPSA) is 32.4 Å². The SMILES string of the molecule is [CH2-]c1cc(-c2ccc(-c3ccccc3)cc2)ccc1N1C=CN(C)[CH-]1.[CH2-]c1cc(-c2ccccc2)ccc1N1C=CN(C)[CH-]1.[CH2-]c1ccc(-c2ccc(-c3ccccc3)cc2)cc1N1C=CN(C)[CH-]1.[CH2-]c1ccc(-c2ccccc2)cc1N1C=CN(C)[CH-]1.[CH2-]c1cccc(-c2ccccc2)c1N1C=CN(C)[CH-]1.[Rh+2].[Rh+2].[Rh+2].[Rh+2].[Rh+2]. The maximum Gasteiger partial charge on any atom is 2.00 e. The van der Waals surface area contributed by atoms with Crippen molar-refractivity contribution in [2.45, 2.75) is 0 Å². The summed E-state index contributed by atoms with van der Waals surface area (Å²) < 4.78 is 0. The quantitative estimate of drug-likeness (QED) is 0.0871. The van der Waals surface area contributed by atoms with Gasteiger partial charge in [-0.2, -0.15) is 126 Å². The maximum absolute atomic E-state index is 4.23. The summed E-state index contributed by atoms with van der Waals surface area (Å²) in [6.45, 7) is 31.0. The average Bonchev–Trinajstić information content (AvgIpc) is 1.44. The molecule has 0 spiro atoms. The Kier molecular flexibility index (Phi) is 32.7. The monoisotopic (exact) mass is 1910 g/mol. The molecule has 571 valence electrons. The average molecular weight is 1910 g/mol. The third kappa shape index (κ3) is 22.3. The van der Waals surface area contributed by atoms with E-state index in [4.69, 9.17) is 0 Å². The molecule has 5 heterocycles. The van der Waals surface area contributed by atoms with E-state index in [1.807, 2.05) is 179 Å². The van der Waals surface area contributed by atoms with Crippen molar-refractivity contribution in [2.24, 2.45) is 0 Å². The van der Waals surface area contributed by atoms with Crippen molar-refractivity contribution in [2.75, 3.05) is 59.7 Å². The first-order valence-electron chi connectivity index (χ1n) is 35.6. The van der Waals surface area contributed by atoms with Crippen molar-refractivity contribution >= 4 is 28.4 Å². The van der Waals surface area contributed by atoms with Gasteiger partial charge in [-0.3, -0.25) is 0 Å². The van der Waals surface area contributed by atoms with Crippen LogP contribution >= 0.6 is 0 Å². The van der Waals surface area contributed by atoms with Crippen LogP contribution < -0.4 is 24.5 Å². The van der Waals surface area contributed by atoms with Gasteiger partial charge in [-0.25, -0.2) is 0 Å². The van der Waals surface area contributed by atoms with E-state index in [1.165, 1.54) is 77.9 Å². The fourth-order valence-corrected chi connectivity index (χ4v) is 12.9. The zero-order valence-corrected chi connectivity index (χ0v) is 71.2. The molecule has 0 fully saturated rings. The van der Waals surface area contributed by atoms with Gasteiger partial charge in [-0.1, -0.05) is 288 Å². The molecule has 0 atom stereocenters. The third-order valence-electron chi connectivity index (χ3n) is 18.6. The van der Waals surface area contributed by atoms with E-state index in [2.05, 4.69) is 327 Å². The van der Waals surface area contributed by atoms with E-state index in [0.29, 0.717) is 0 Å². The minimum atomic E-state index is 0. The molecule has 0 saturated heterocycles. The Balaban J connectivity index is 0.000000175. The number of nitrogens with zero attached hydrogens (tertiary/aromatic N) is 10. The molecule has 5 aliphatic rings. The van der Waals surface area contributed by atoms with Crippen LogP contribution in [0.3, 0.4) is 0 Å². The fourth-order valence-electron chi connectivity index (χ4n) is 12.9. The Hall–Kier alpha value is -10.2. The van der Waals surface area contributed by atoms with Crippen molar-refractivity contribution in [1.29, 1.82) is 0 Å². The second kappa shape index (κ2) is 41.9. The molecule has 0 unspecified atom stereocenters. The first-order chi connectivity index (χ1) is 52.1. The summed E-state index contributed by atoms with van der Waals surface area (Å²) in [4.78, 5) is 20.6. The Morgan fingerprint density at radius 2 is 0.429 bits per heavy atom. The molecule has 0 saturated carbocycles. The molecule has 17 rings (SSSR count). The molecular formula is C97H88N10Rh5. The van der Waals surface area contributed by atoms with Gasteiger partial charge in [0, 0.05) is 0 Å². The number of para-hydroxylation sites is 1. The third-order valence-corrected chi connectivity index (χ3v) is 18.6. The van der Waals surface area contributed by atoms with E-state index in [-0.39, 0.29) is 97.4 Å². The van der Waals surface area contributed by atoms with Gasteiger partial charge in [0.1, 0.15) is 0 Å². The molecule has 0 aliphatic carbocycles. The number of benzene rings is 12. The number of rotatable bonds is 12. The second-order valence-corrected chi connectivity index (χ2v) is 26.6. The molecule has 5 radical (unpaired) electrons. The van der Waals surface area contributed by atoms with Gasteiger partial charge in [0.2, 0.25) is 0 Å². The molecule has 12 aromatic carbocycles. The largest absolute Gasteiger partial charge is 2.00 e. The van der Waals surface area contributed by atoms with Gasteiger partial charge in [0.05, 0.1) is 0 Å². The molecule has 0 amide bonds. The Morgan fingerprint density at radius 3 is 0.723 bits per heavy atom. The molecule has 12 aromatic rings. The van der Waals surface area contributed by atoms with Crippen LogP contribution in [0.2, 0.25) is 0 Å². The Bertz CT molecular complexity index is 5100. The summed E-state index contributed by atoms with van der Waals surface area (Å²) in [5, 5.41) is 0. The minimum absolute atomic E-state index is 0. The van der Waals surface area contributed by atoms with Gasteiger partial charge in [-0.15, -0.1) is 18.2 Å². The fraction of sp³-hybridized carbons (Fsp3) is 0.0515. The molecule has 10 nitrogen and oxygen atoms in total. The summed E-state index contributed by atoms with van der Waals surface area (Å²) in [5.74, 6) is 0. The van der Waals surface area contributed by atoms with Gasteiger partial charge in [0.25, 0.3) is 0 Å². The zero-order valence-electron chi connectivity index (χ0n) is 63.0. The summed E-state index contributed by atoms with van der Waals surface area (Å²) >= 11 is 0. The van der Waals surface area contributed by atoms with Crippen molar-refractivity contribution in [3.63, 3.8) is 0 Å². The molecule has 5 aliphatic heterocycles. The normalized spacial score (nSPS) is 13.2. The molecular weight excluding hydrogens is 1820 g/mol.